The number of imidazole rings is 1. The Labute approximate surface area is 122 Å². The minimum atomic E-state index is -0.0589. The van der Waals surface area contributed by atoms with Crippen molar-refractivity contribution in [3.8, 4) is 5.88 Å². The van der Waals surface area contributed by atoms with E-state index in [1.807, 2.05) is 12.1 Å². The average Bonchev–Trinajstić information content (AvgIpc) is 2.86. The fraction of sp³-hybridized carbons (Fsp3) is 0.571. The average molecular weight is 296 g/mol. The molecule has 0 N–H and O–H groups in total. The molecule has 0 spiro atoms. The minimum absolute atomic E-state index is 0.0589. The first-order valence-electron chi connectivity index (χ1n) is 6.74. The molecule has 2 aromatic rings. The Morgan fingerprint density at radius 3 is 2.75 bits per heavy atom. The fourth-order valence-electron chi connectivity index (χ4n) is 2.79. The highest BCUT2D eigenvalue weighted by Crippen LogP contribution is 2.34. The van der Waals surface area contributed by atoms with Gasteiger partial charge in [-0.2, -0.15) is 4.98 Å². The maximum Gasteiger partial charge on any atom is 0.215 e. The minimum Gasteiger partial charge on any atom is -0.481 e. The smallest absolute Gasteiger partial charge is 0.215 e. The van der Waals surface area contributed by atoms with E-state index < -0.39 is 0 Å². The Balaban J connectivity index is 2.20. The number of hydrogen-bond acceptors (Lipinski definition) is 4. The van der Waals surface area contributed by atoms with Crippen LogP contribution in [0.25, 0.3) is 11.2 Å². The van der Waals surface area contributed by atoms with Crippen LogP contribution in [0.4, 0.5) is 0 Å². The van der Waals surface area contributed by atoms with Gasteiger partial charge in [-0.05, 0) is 25.8 Å². The Hall–Kier alpha value is -1.33. The highest BCUT2D eigenvalue weighted by molar-refractivity contribution is 6.16. The van der Waals surface area contributed by atoms with E-state index in [0.29, 0.717) is 11.8 Å². The molecule has 0 radical (unpaired) electrons. The molecule has 0 bridgehead atoms. The molecule has 2 aromatic heterocycles. The zero-order valence-electron chi connectivity index (χ0n) is 11.7. The van der Waals surface area contributed by atoms with E-state index >= 15 is 0 Å². The number of pyridine rings is 1. The lowest BCUT2D eigenvalue weighted by Gasteiger charge is -2.36. The van der Waals surface area contributed by atoms with Gasteiger partial charge in [0.2, 0.25) is 5.88 Å². The molecule has 3 heterocycles. The van der Waals surface area contributed by atoms with Gasteiger partial charge >= 0.3 is 0 Å². The number of rotatable bonds is 3. The van der Waals surface area contributed by atoms with Crippen LogP contribution in [0.3, 0.4) is 0 Å². The van der Waals surface area contributed by atoms with Gasteiger partial charge in [0.15, 0.2) is 5.65 Å². The van der Waals surface area contributed by atoms with E-state index in [1.165, 1.54) is 0 Å². The van der Waals surface area contributed by atoms with Gasteiger partial charge in [-0.25, -0.2) is 4.98 Å². The van der Waals surface area contributed by atoms with Crippen molar-refractivity contribution in [1.82, 2.24) is 14.5 Å². The lowest BCUT2D eigenvalue weighted by Crippen LogP contribution is -2.37. The number of fused-ring (bicyclic) bond motifs is 1. The first kappa shape index (κ1) is 13.6. The molecular weight excluding hydrogens is 278 g/mol. The van der Waals surface area contributed by atoms with Crippen molar-refractivity contribution in [1.29, 1.82) is 0 Å². The summed E-state index contributed by atoms with van der Waals surface area (Å²) in [5.74, 6) is 1.82. The van der Waals surface area contributed by atoms with Crippen molar-refractivity contribution in [3.05, 3.63) is 18.0 Å². The zero-order valence-corrected chi connectivity index (χ0v) is 12.5. The largest absolute Gasteiger partial charge is 0.481 e. The second-order valence-corrected chi connectivity index (χ2v) is 5.57. The van der Waals surface area contributed by atoms with Crippen molar-refractivity contribution in [2.75, 3.05) is 20.3 Å². The van der Waals surface area contributed by atoms with Crippen LogP contribution in [0.5, 0.6) is 5.88 Å². The van der Waals surface area contributed by atoms with Gasteiger partial charge in [0.1, 0.15) is 11.3 Å². The zero-order chi connectivity index (χ0) is 14.2. The summed E-state index contributed by atoms with van der Waals surface area (Å²) in [6, 6.07) is 3.75. The molecule has 0 aromatic carbocycles. The molecule has 0 unspecified atom stereocenters. The topological polar surface area (TPSA) is 49.2 Å². The third-order valence-corrected chi connectivity index (χ3v) is 4.23. The normalized spacial score (nSPS) is 18.4. The summed E-state index contributed by atoms with van der Waals surface area (Å²) in [6.45, 7) is 3.72. The monoisotopic (exact) mass is 295 g/mol. The van der Waals surface area contributed by atoms with Gasteiger partial charge in [-0.3, -0.25) is 0 Å². The molecule has 0 aliphatic carbocycles. The maximum absolute atomic E-state index is 6.08. The number of alkyl halides is 1. The van der Waals surface area contributed by atoms with E-state index in [1.54, 1.807) is 7.11 Å². The summed E-state index contributed by atoms with van der Waals surface area (Å²) in [4.78, 5) is 9.16. The summed E-state index contributed by atoms with van der Waals surface area (Å²) in [5.41, 5.74) is 1.63. The number of aromatic nitrogens is 3. The van der Waals surface area contributed by atoms with E-state index in [2.05, 4.69) is 21.5 Å². The first-order valence-corrected chi connectivity index (χ1v) is 7.28. The van der Waals surface area contributed by atoms with Crippen LogP contribution in [-0.2, 0) is 16.2 Å². The summed E-state index contributed by atoms with van der Waals surface area (Å²) in [5, 5.41) is 0. The quantitative estimate of drug-likeness (QED) is 0.817. The molecule has 1 saturated heterocycles. The number of halogens is 1. The van der Waals surface area contributed by atoms with Crippen molar-refractivity contribution in [2.45, 2.75) is 31.2 Å². The SMILES string of the molecule is COc1ccc2nc(CCl)n(C3(C)CCOCC3)c2n1. The van der Waals surface area contributed by atoms with Gasteiger partial charge in [-0.1, -0.05) is 0 Å². The molecule has 3 rings (SSSR count). The van der Waals surface area contributed by atoms with Crippen LogP contribution in [-0.4, -0.2) is 34.9 Å². The molecule has 20 heavy (non-hydrogen) atoms. The number of methoxy groups -OCH3 is 1. The molecule has 0 saturated carbocycles. The predicted octanol–water partition coefficient (Wildman–Crippen LogP) is 2.70. The Kier molecular flexibility index (Phi) is 3.56. The Bertz CT molecular complexity index is 620. The third kappa shape index (κ3) is 2.15. The Morgan fingerprint density at radius 2 is 2.10 bits per heavy atom. The molecule has 1 aliphatic rings. The lowest BCUT2D eigenvalue weighted by atomic mass is 9.92. The van der Waals surface area contributed by atoms with Crippen LogP contribution in [0.15, 0.2) is 12.1 Å². The second-order valence-electron chi connectivity index (χ2n) is 5.30. The highest BCUT2D eigenvalue weighted by atomic mass is 35.5. The van der Waals surface area contributed by atoms with E-state index in [4.69, 9.17) is 21.1 Å². The van der Waals surface area contributed by atoms with Gasteiger partial charge < -0.3 is 14.0 Å². The van der Waals surface area contributed by atoms with Crippen LogP contribution in [0.2, 0.25) is 0 Å². The predicted molar refractivity (Wildman–Crippen MR) is 77.3 cm³/mol. The summed E-state index contributed by atoms with van der Waals surface area (Å²) in [6.07, 6.45) is 1.86. The molecule has 0 amide bonds. The molecule has 6 heteroatoms. The standard InChI is InChI=1S/C14H18ClN3O2/c1-14(5-7-20-8-6-14)18-11(9-15)16-10-3-4-12(19-2)17-13(10)18/h3-4H,5-9H2,1-2H3. The summed E-state index contributed by atoms with van der Waals surface area (Å²) >= 11 is 6.08. The van der Waals surface area contributed by atoms with Crippen molar-refractivity contribution < 1.29 is 9.47 Å². The molecule has 1 aliphatic heterocycles. The van der Waals surface area contributed by atoms with Crippen LogP contribution in [0.1, 0.15) is 25.6 Å². The fourth-order valence-corrected chi connectivity index (χ4v) is 2.97. The van der Waals surface area contributed by atoms with Crippen molar-refractivity contribution in [3.63, 3.8) is 0 Å². The molecule has 108 valence electrons. The van der Waals surface area contributed by atoms with Crippen molar-refractivity contribution >= 4 is 22.8 Å². The molecule has 5 nitrogen and oxygen atoms in total. The van der Waals surface area contributed by atoms with E-state index in [-0.39, 0.29) is 5.54 Å². The lowest BCUT2D eigenvalue weighted by molar-refractivity contribution is 0.0300. The van der Waals surface area contributed by atoms with Crippen LogP contribution < -0.4 is 4.74 Å². The van der Waals surface area contributed by atoms with Gasteiger partial charge in [0.25, 0.3) is 0 Å². The number of hydrogen-bond donors (Lipinski definition) is 0. The maximum atomic E-state index is 6.08. The van der Waals surface area contributed by atoms with Crippen LogP contribution >= 0.6 is 11.6 Å². The summed E-state index contributed by atoms with van der Waals surface area (Å²) in [7, 11) is 1.62. The van der Waals surface area contributed by atoms with E-state index in [0.717, 1.165) is 43.0 Å². The molecule has 1 fully saturated rings. The molecule has 0 atom stereocenters. The first-order chi connectivity index (χ1) is 9.68. The van der Waals surface area contributed by atoms with Gasteiger partial charge in [-0.15, -0.1) is 11.6 Å². The van der Waals surface area contributed by atoms with Crippen LogP contribution in [0, 0.1) is 0 Å². The van der Waals surface area contributed by atoms with E-state index in [9.17, 15) is 0 Å². The third-order valence-electron chi connectivity index (χ3n) is 3.99. The number of nitrogens with zero attached hydrogens (tertiary/aromatic N) is 3. The summed E-state index contributed by atoms with van der Waals surface area (Å²) < 4.78 is 12.9. The van der Waals surface area contributed by atoms with Gasteiger partial charge in [0, 0.05) is 24.8 Å². The number of ether oxygens (including phenoxy) is 2. The second kappa shape index (κ2) is 5.22. The highest BCUT2D eigenvalue weighted by Gasteiger charge is 2.33. The Morgan fingerprint density at radius 1 is 1.35 bits per heavy atom. The molecular formula is C14H18ClN3O2. The van der Waals surface area contributed by atoms with Gasteiger partial charge in [0.05, 0.1) is 13.0 Å². The van der Waals surface area contributed by atoms with Crippen molar-refractivity contribution in [2.24, 2.45) is 0 Å².